The molecule has 0 unspecified atom stereocenters. The van der Waals surface area contributed by atoms with Gasteiger partial charge >= 0.3 is 0 Å². The van der Waals surface area contributed by atoms with E-state index in [2.05, 4.69) is 15.5 Å². The van der Waals surface area contributed by atoms with Crippen LogP contribution < -0.4 is 10.1 Å². The fourth-order valence-corrected chi connectivity index (χ4v) is 3.21. The number of methoxy groups -OCH3 is 1. The molecule has 0 atom stereocenters. The van der Waals surface area contributed by atoms with Crippen molar-refractivity contribution < 1.29 is 14.1 Å². The molecule has 0 aliphatic heterocycles. The summed E-state index contributed by atoms with van der Waals surface area (Å²) in [5.74, 6) is 2.09. The lowest BCUT2D eigenvalue weighted by Crippen LogP contribution is -2.15. The third kappa shape index (κ3) is 4.63. The first-order valence-electron chi connectivity index (χ1n) is 9.93. The Kier molecular flexibility index (Phi) is 5.79. The second-order valence-corrected chi connectivity index (χ2v) is 7.15. The first-order valence-corrected chi connectivity index (χ1v) is 9.93. The van der Waals surface area contributed by atoms with Crippen LogP contribution in [0.1, 0.15) is 23.7 Å². The number of hydrogen-bond donors (Lipinski definition) is 1. The Morgan fingerprint density at radius 1 is 1.13 bits per heavy atom. The van der Waals surface area contributed by atoms with Crippen molar-refractivity contribution >= 4 is 11.7 Å². The molecule has 8 nitrogen and oxygen atoms in total. The molecule has 2 aromatic heterocycles. The van der Waals surface area contributed by atoms with Crippen molar-refractivity contribution in [2.45, 2.75) is 26.7 Å². The molecule has 4 rings (SSSR count). The molecule has 0 spiro atoms. The summed E-state index contributed by atoms with van der Waals surface area (Å²) in [6, 6.07) is 17.4. The second kappa shape index (κ2) is 8.83. The lowest BCUT2D eigenvalue weighted by molar-refractivity contribution is -0.116. The van der Waals surface area contributed by atoms with Crippen LogP contribution in [0.2, 0.25) is 0 Å². The molecule has 0 bridgehead atoms. The lowest BCUT2D eigenvalue weighted by Gasteiger charge is -2.09. The van der Waals surface area contributed by atoms with E-state index in [0.29, 0.717) is 35.4 Å². The zero-order chi connectivity index (χ0) is 21.8. The molecule has 2 aromatic carbocycles. The summed E-state index contributed by atoms with van der Waals surface area (Å²) in [5.41, 5.74) is 3.52. The number of nitrogens with one attached hydrogen (secondary N) is 1. The molecule has 158 valence electrons. The minimum absolute atomic E-state index is 0.171. The number of amides is 1. The van der Waals surface area contributed by atoms with Crippen molar-refractivity contribution in [1.82, 2.24) is 19.9 Å². The molecule has 0 saturated carbocycles. The highest BCUT2D eigenvalue weighted by Crippen LogP contribution is 2.31. The van der Waals surface area contributed by atoms with Crippen molar-refractivity contribution in [3.05, 3.63) is 71.9 Å². The Balaban J connectivity index is 1.63. The van der Waals surface area contributed by atoms with Crippen LogP contribution in [-0.2, 0) is 11.2 Å². The molecule has 1 amide bonds. The number of benzene rings is 2. The molecule has 4 aromatic rings. The highest BCUT2D eigenvalue weighted by atomic mass is 16.5. The normalized spacial score (nSPS) is 10.8. The van der Waals surface area contributed by atoms with Crippen molar-refractivity contribution in [1.29, 1.82) is 0 Å². The summed E-state index contributed by atoms with van der Waals surface area (Å²) in [6.45, 7) is 3.77. The number of aromatic nitrogens is 4. The second-order valence-electron chi connectivity index (χ2n) is 7.15. The first-order chi connectivity index (χ1) is 15.0. The van der Waals surface area contributed by atoms with Crippen molar-refractivity contribution in [3.63, 3.8) is 0 Å². The Hall–Kier alpha value is -3.94. The van der Waals surface area contributed by atoms with Gasteiger partial charge in [-0.05, 0) is 38.1 Å². The van der Waals surface area contributed by atoms with Crippen molar-refractivity contribution in [2.24, 2.45) is 0 Å². The first kappa shape index (κ1) is 20.3. The predicted molar refractivity (Wildman–Crippen MR) is 116 cm³/mol. The standard InChI is InChI=1S/C23H23N5O3/c1-15-8-10-17(11-9-15)28-21(25-22(29)12-13-23-24-16(2)27-31-23)14-19(26-28)18-6-4-5-7-20(18)30-3/h4-11,14H,12-13H2,1-3H3,(H,25,29). The van der Waals surface area contributed by atoms with E-state index >= 15 is 0 Å². The van der Waals surface area contributed by atoms with Crippen LogP contribution in [0.15, 0.2) is 59.1 Å². The number of carbonyl (C=O) groups excluding carboxylic acids is 1. The number of nitrogens with zero attached hydrogens (tertiary/aromatic N) is 4. The highest BCUT2D eigenvalue weighted by molar-refractivity contribution is 5.91. The van der Waals surface area contributed by atoms with Gasteiger partial charge in [0.2, 0.25) is 11.8 Å². The maximum Gasteiger partial charge on any atom is 0.227 e. The van der Waals surface area contributed by atoms with Gasteiger partial charge in [-0.3, -0.25) is 4.79 Å². The van der Waals surface area contributed by atoms with E-state index in [9.17, 15) is 4.79 Å². The maximum atomic E-state index is 12.6. The number of para-hydroxylation sites is 1. The van der Waals surface area contributed by atoms with Crippen LogP contribution in [0, 0.1) is 13.8 Å². The molecule has 1 N–H and O–H groups in total. The number of carbonyl (C=O) groups is 1. The van der Waals surface area contributed by atoms with Gasteiger partial charge in [-0.15, -0.1) is 0 Å². The monoisotopic (exact) mass is 417 g/mol. The summed E-state index contributed by atoms with van der Waals surface area (Å²) in [4.78, 5) is 16.8. The van der Waals surface area contributed by atoms with Gasteiger partial charge in [0.15, 0.2) is 5.82 Å². The number of rotatable bonds is 7. The van der Waals surface area contributed by atoms with Crippen LogP contribution in [-0.4, -0.2) is 32.9 Å². The molecule has 2 heterocycles. The van der Waals surface area contributed by atoms with Gasteiger partial charge in [-0.25, -0.2) is 4.68 Å². The van der Waals surface area contributed by atoms with Gasteiger partial charge in [-0.2, -0.15) is 10.1 Å². The zero-order valence-electron chi connectivity index (χ0n) is 17.6. The molecule has 0 radical (unpaired) electrons. The van der Waals surface area contributed by atoms with Crippen LogP contribution >= 0.6 is 0 Å². The number of anilines is 1. The van der Waals surface area contributed by atoms with Crippen LogP contribution in [0.5, 0.6) is 5.75 Å². The van der Waals surface area contributed by atoms with E-state index in [-0.39, 0.29) is 12.3 Å². The number of ether oxygens (including phenoxy) is 1. The van der Waals surface area contributed by atoms with Gasteiger partial charge in [0.05, 0.1) is 18.5 Å². The largest absolute Gasteiger partial charge is 0.496 e. The van der Waals surface area contributed by atoms with Crippen molar-refractivity contribution in [3.8, 4) is 22.7 Å². The van der Waals surface area contributed by atoms with E-state index in [1.807, 2.05) is 61.5 Å². The Morgan fingerprint density at radius 2 is 1.90 bits per heavy atom. The average Bonchev–Trinajstić information content (AvgIpc) is 3.39. The Bertz CT molecular complexity index is 1190. The quantitative estimate of drug-likeness (QED) is 0.486. The fraction of sp³-hybridized carbons (Fsp3) is 0.217. The van der Waals surface area contributed by atoms with E-state index in [1.54, 1.807) is 18.7 Å². The highest BCUT2D eigenvalue weighted by Gasteiger charge is 2.17. The van der Waals surface area contributed by atoms with Gasteiger partial charge < -0.3 is 14.6 Å². The van der Waals surface area contributed by atoms with Crippen LogP contribution in [0.4, 0.5) is 5.82 Å². The zero-order valence-corrected chi connectivity index (χ0v) is 17.6. The SMILES string of the molecule is COc1ccccc1-c1cc(NC(=O)CCc2nc(C)no2)n(-c2ccc(C)cc2)n1. The van der Waals surface area contributed by atoms with Gasteiger partial charge in [0, 0.05) is 24.5 Å². The minimum atomic E-state index is -0.171. The molecule has 0 aliphatic rings. The van der Waals surface area contributed by atoms with E-state index in [4.69, 9.17) is 14.4 Å². The fourth-order valence-electron chi connectivity index (χ4n) is 3.21. The summed E-state index contributed by atoms with van der Waals surface area (Å²) in [6.07, 6.45) is 0.579. The van der Waals surface area contributed by atoms with E-state index < -0.39 is 0 Å². The molecule has 31 heavy (non-hydrogen) atoms. The summed E-state index contributed by atoms with van der Waals surface area (Å²) in [5, 5.41) is 11.5. The molecule has 0 fully saturated rings. The molecule has 8 heteroatoms. The van der Waals surface area contributed by atoms with Gasteiger partial charge in [0.1, 0.15) is 11.6 Å². The number of hydrogen-bond acceptors (Lipinski definition) is 6. The number of aryl methyl sites for hydroxylation is 3. The summed E-state index contributed by atoms with van der Waals surface area (Å²) in [7, 11) is 1.62. The third-order valence-electron chi connectivity index (χ3n) is 4.77. The Morgan fingerprint density at radius 3 is 2.61 bits per heavy atom. The van der Waals surface area contributed by atoms with Crippen molar-refractivity contribution in [2.75, 3.05) is 12.4 Å². The topological polar surface area (TPSA) is 95.1 Å². The molecule has 0 aliphatic carbocycles. The lowest BCUT2D eigenvalue weighted by atomic mass is 10.1. The minimum Gasteiger partial charge on any atom is -0.496 e. The summed E-state index contributed by atoms with van der Waals surface area (Å²) < 4.78 is 12.3. The molecule has 0 saturated heterocycles. The van der Waals surface area contributed by atoms with Gasteiger partial charge in [-0.1, -0.05) is 35.0 Å². The van der Waals surface area contributed by atoms with E-state index in [0.717, 1.165) is 16.8 Å². The average molecular weight is 417 g/mol. The predicted octanol–water partition coefficient (Wildman–Crippen LogP) is 4.12. The maximum absolute atomic E-state index is 12.6. The van der Waals surface area contributed by atoms with Crippen LogP contribution in [0.3, 0.4) is 0 Å². The molecular formula is C23H23N5O3. The summed E-state index contributed by atoms with van der Waals surface area (Å²) >= 11 is 0. The Labute approximate surface area is 179 Å². The molecular weight excluding hydrogens is 394 g/mol. The van der Waals surface area contributed by atoms with E-state index in [1.165, 1.54) is 0 Å². The van der Waals surface area contributed by atoms with Crippen LogP contribution in [0.25, 0.3) is 16.9 Å². The smallest absolute Gasteiger partial charge is 0.227 e. The van der Waals surface area contributed by atoms with Gasteiger partial charge in [0.25, 0.3) is 0 Å². The third-order valence-corrected chi connectivity index (χ3v) is 4.77.